The maximum Gasteiger partial charge on any atom is 0.417 e. The number of halogens is 3. The van der Waals surface area contributed by atoms with Gasteiger partial charge in [-0.1, -0.05) is 113 Å². The summed E-state index contributed by atoms with van der Waals surface area (Å²) in [6.07, 6.45) is -4.79. The fraction of sp³-hybridized carbons (Fsp3) is 0.0909. The predicted octanol–water partition coefficient (Wildman–Crippen LogP) is 15.6. The Morgan fingerprint density at radius 3 is 1.42 bits per heavy atom. The van der Waals surface area contributed by atoms with Crippen LogP contribution in [0, 0.1) is 45.6 Å². The van der Waals surface area contributed by atoms with E-state index < -0.39 is 11.7 Å². The van der Waals surface area contributed by atoms with Crippen molar-refractivity contribution in [3.63, 3.8) is 0 Å². The molecule has 0 aliphatic heterocycles. The van der Waals surface area contributed by atoms with Crippen molar-refractivity contribution < 1.29 is 13.2 Å². The molecule has 10 rings (SSSR count). The van der Waals surface area contributed by atoms with Gasteiger partial charge in [-0.3, -0.25) is 0 Å². The van der Waals surface area contributed by atoms with Crippen LogP contribution in [0.5, 0.6) is 0 Å². The fourth-order valence-corrected chi connectivity index (χ4v) is 9.42. The molecule has 10 aromatic rings. The molecule has 0 aliphatic rings. The van der Waals surface area contributed by atoms with Crippen molar-refractivity contribution in [2.45, 2.75) is 33.9 Å². The Morgan fingerprint density at radius 2 is 0.952 bits per heavy atom. The Kier molecular flexibility index (Phi) is 8.91. The first-order valence-electron chi connectivity index (χ1n) is 20.3. The van der Waals surface area contributed by atoms with Crippen LogP contribution in [0.3, 0.4) is 0 Å². The first-order chi connectivity index (χ1) is 29.9. The molecule has 0 fully saturated rings. The monoisotopic (exact) mass is 810 g/mol. The summed E-state index contributed by atoms with van der Waals surface area (Å²) in [7, 11) is 0. The molecule has 0 radical (unpaired) electrons. The summed E-state index contributed by atoms with van der Waals surface area (Å²) >= 11 is 0. The van der Waals surface area contributed by atoms with E-state index in [2.05, 4.69) is 127 Å². The average Bonchev–Trinajstić information content (AvgIpc) is 3.77. The average molecular weight is 811 g/mol. The van der Waals surface area contributed by atoms with Gasteiger partial charge in [-0.05, 0) is 122 Å². The van der Waals surface area contributed by atoms with E-state index in [-0.39, 0.29) is 22.4 Å². The van der Waals surface area contributed by atoms with Crippen molar-refractivity contribution in [3.8, 4) is 50.8 Å². The summed E-state index contributed by atoms with van der Waals surface area (Å²) in [4.78, 5) is 3.92. The summed E-state index contributed by atoms with van der Waals surface area (Å²) in [5.74, 6) is 0. The van der Waals surface area contributed by atoms with Gasteiger partial charge >= 0.3 is 6.18 Å². The smallest absolute Gasteiger partial charge is 0.308 e. The number of alkyl halides is 3. The van der Waals surface area contributed by atoms with Gasteiger partial charge in [0.2, 0.25) is 0 Å². The van der Waals surface area contributed by atoms with Crippen molar-refractivity contribution in [2.75, 3.05) is 0 Å². The molecule has 62 heavy (non-hydrogen) atoms. The van der Waals surface area contributed by atoms with E-state index in [1.807, 2.05) is 42.5 Å². The maximum atomic E-state index is 15.0. The number of rotatable bonds is 5. The number of aryl methyl sites for hydroxylation is 4. The quantitative estimate of drug-likeness (QED) is 0.160. The number of aromatic nitrogens is 2. The molecule has 0 N–H and O–H groups in total. The number of fused-ring (bicyclic) bond motifs is 6. The molecule has 0 amide bonds. The lowest BCUT2D eigenvalue weighted by atomic mass is 9.94. The number of nitrogens with zero attached hydrogens (tertiary/aromatic N) is 4. The van der Waals surface area contributed by atoms with Crippen molar-refractivity contribution >= 4 is 49.3 Å². The van der Waals surface area contributed by atoms with Crippen LogP contribution < -0.4 is 0 Å². The third-order valence-corrected chi connectivity index (χ3v) is 11.9. The zero-order valence-corrected chi connectivity index (χ0v) is 34.4. The SMILES string of the molecule is [C-]#[N+]c1cc(-n2c3ccccc3c3cc(-c4cc(C)cc(C)c4)ccc32)c(-n2c3ccccc3c3cc(-c4cc(C)cc(C)c4)ccc32)cc1-c1ccc(C#N)cc1C(F)(F)F. The minimum Gasteiger partial charge on any atom is -0.308 e. The van der Waals surface area contributed by atoms with Gasteiger partial charge in [0.05, 0.1) is 57.2 Å². The number of para-hydroxylation sites is 2. The first-order valence-corrected chi connectivity index (χ1v) is 20.3. The Labute approximate surface area is 356 Å². The summed E-state index contributed by atoms with van der Waals surface area (Å²) in [6, 6.07) is 50.8. The molecule has 0 bridgehead atoms. The second-order valence-corrected chi connectivity index (χ2v) is 16.3. The van der Waals surface area contributed by atoms with Crippen molar-refractivity contribution in [2.24, 2.45) is 0 Å². The van der Waals surface area contributed by atoms with Crippen LogP contribution in [0.25, 0.3) is 93.2 Å². The lowest BCUT2D eigenvalue weighted by Gasteiger charge is -2.21. The fourth-order valence-electron chi connectivity index (χ4n) is 9.42. The van der Waals surface area contributed by atoms with E-state index >= 15 is 0 Å². The van der Waals surface area contributed by atoms with Gasteiger partial charge < -0.3 is 9.13 Å². The second kappa shape index (κ2) is 14.4. The minimum atomic E-state index is -4.79. The summed E-state index contributed by atoms with van der Waals surface area (Å²) in [5.41, 5.74) is 12.6. The van der Waals surface area contributed by atoms with E-state index in [1.165, 1.54) is 23.3 Å². The lowest BCUT2D eigenvalue weighted by Crippen LogP contribution is -2.09. The zero-order chi connectivity index (χ0) is 43.0. The molecule has 0 saturated carbocycles. The normalized spacial score (nSPS) is 11.8. The molecule has 298 valence electrons. The van der Waals surface area contributed by atoms with E-state index in [0.717, 1.165) is 83.1 Å². The maximum absolute atomic E-state index is 15.0. The van der Waals surface area contributed by atoms with Gasteiger partial charge in [0.1, 0.15) is 0 Å². The first kappa shape index (κ1) is 38.3. The number of hydrogen-bond acceptors (Lipinski definition) is 1. The number of hydrogen-bond donors (Lipinski definition) is 0. The zero-order valence-electron chi connectivity index (χ0n) is 34.4. The van der Waals surface area contributed by atoms with E-state index in [0.29, 0.717) is 11.4 Å². The van der Waals surface area contributed by atoms with E-state index in [4.69, 9.17) is 6.57 Å². The molecular weight excluding hydrogens is 774 g/mol. The van der Waals surface area contributed by atoms with Gasteiger partial charge in [-0.15, -0.1) is 0 Å². The van der Waals surface area contributed by atoms with Gasteiger partial charge in [-0.2, -0.15) is 18.4 Å². The largest absolute Gasteiger partial charge is 0.417 e. The molecule has 8 aromatic carbocycles. The highest BCUT2D eigenvalue weighted by atomic mass is 19.4. The van der Waals surface area contributed by atoms with Crippen LogP contribution in [0.1, 0.15) is 33.4 Å². The Balaban J connectivity index is 1.33. The van der Waals surface area contributed by atoms with E-state index in [1.54, 1.807) is 12.1 Å². The van der Waals surface area contributed by atoms with Gasteiger partial charge in [0.15, 0.2) is 5.69 Å². The molecule has 0 saturated heterocycles. The lowest BCUT2D eigenvalue weighted by molar-refractivity contribution is -0.137. The topological polar surface area (TPSA) is 38.0 Å². The number of nitriles is 1. The Bertz CT molecular complexity index is 3550. The van der Waals surface area contributed by atoms with Crippen LogP contribution in [-0.2, 0) is 6.18 Å². The molecule has 4 nitrogen and oxygen atoms in total. The molecule has 7 heteroatoms. The van der Waals surface area contributed by atoms with Gasteiger partial charge in [0.25, 0.3) is 0 Å². The Hall–Kier alpha value is -7.87. The highest BCUT2D eigenvalue weighted by Crippen LogP contribution is 2.47. The molecule has 0 unspecified atom stereocenters. The summed E-state index contributed by atoms with van der Waals surface area (Å²) < 4.78 is 49.1. The second-order valence-electron chi connectivity index (χ2n) is 16.3. The van der Waals surface area contributed by atoms with Gasteiger partial charge in [0, 0.05) is 21.5 Å². The van der Waals surface area contributed by atoms with Crippen LogP contribution in [0.15, 0.2) is 152 Å². The molecule has 0 atom stereocenters. The van der Waals surface area contributed by atoms with Crippen LogP contribution in [0.4, 0.5) is 18.9 Å². The molecule has 2 aromatic heterocycles. The van der Waals surface area contributed by atoms with Crippen LogP contribution in [-0.4, -0.2) is 9.13 Å². The van der Waals surface area contributed by atoms with Crippen molar-refractivity contribution in [1.29, 1.82) is 5.26 Å². The predicted molar refractivity (Wildman–Crippen MR) is 246 cm³/mol. The summed E-state index contributed by atoms with van der Waals surface area (Å²) in [5, 5.41) is 13.6. The van der Waals surface area contributed by atoms with Crippen LogP contribution >= 0.6 is 0 Å². The molecule has 2 heterocycles. The summed E-state index contributed by atoms with van der Waals surface area (Å²) in [6.45, 7) is 16.8. The number of benzene rings is 8. The third-order valence-electron chi connectivity index (χ3n) is 11.9. The van der Waals surface area contributed by atoms with Gasteiger partial charge in [-0.25, -0.2) is 4.85 Å². The highest BCUT2D eigenvalue weighted by molar-refractivity contribution is 6.13. The minimum absolute atomic E-state index is 0.0506. The van der Waals surface area contributed by atoms with Crippen molar-refractivity contribution in [1.82, 2.24) is 9.13 Å². The molecule has 0 spiro atoms. The van der Waals surface area contributed by atoms with Crippen LogP contribution in [0.2, 0.25) is 0 Å². The van der Waals surface area contributed by atoms with Crippen molar-refractivity contribution in [3.05, 3.63) is 196 Å². The molecular formula is C55H37F3N4. The highest BCUT2D eigenvalue weighted by Gasteiger charge is 2.35. The Morgan fingerprint density at radius 1 is 0.484 bits per heavy atom. The molecule has 0 aliphatic carbocycles. The standard InChI is InChI=1S/C55H37F3N4/c1-32-20-33(2)23-39(22-32)37-15-18-51-45(27-37)42-10-6-8-12-49(42)61(51)53-29-44(41-17-14-36(31-59)26-47(41)55(56,57)58)48(60-5)30-54(53)62-50-13-9-7-11-43(50)46-28-38(16-19-52(46)62)40-24-34(3)21-35(4)25-40/h6-30H,1-4H3. The van der Waals surface area contributed by atoms with E-state index in [9.17, 15) is 18.4 Å². The third kappa shape index (κ3) is 6.30.